The molecular formula is C61H78F4N10O13S. The van der Waals surface area contributed by atoms with Crippen molar-refractivity contribution >= 4 is 46.8 Å². The monoisotopic (exact) mass is 1270 g/mol. The van der Waals surface area contributed by atoms with Gasteiger partial charge in [-0.15, -0.1) is 24.5 Å². The highest BCUT2D eigenvalue weighted by atomic mass is 32.1. The minimum atomic E-state index is -4.86. The van der Waals surface area contributed by atoms with Gasteiger partial charge in [-0.2, -0.15) is 0 Å². The summed E-state index contributed by atoms with van der Waals surface area (Å²) in [4.78, 5) is 94.8. The molecule has 2 aliphatic heterocycles. The number of ether oxygens (including phenoxy) is 6. The first-order valence-corrected chi connectivity index (χ1v) is 30.2. The standard InChI is InChI=1S/C61H78F4N10O13S/c1-38-54(89-37-71-38)45-13-10-40(31-68-57(81)49-30-43(76)33-75(49)59(82)55(60(2,3)4)72-52(78)16-20-84-22-24-86-26-25-85-23-21-83-19-15-51(66)77)27-41(45)7-5-6-17-73-35-48(70-36-73)42-29-46(56(67)80)58(69-32-42)87-50-14-18-74(34-47(50)62)53(79)28-39-8-11-44(12-9-39)88-61(63,64)65/h8-13,27,29,32,35-37,43,47,49-50,55,76H,5-7,14-26,28,30-31,33-34H2,1-4H3,(H2,66,77)(H2,67,80)(H,68,81)(H,72,78)/t43-,47-,49+,50-,55-/m1/s1. The van der Waals surface area contributed by atoms with E-state index in [9.17, 15) is 47.0 Å². The Balaban J connectivity index is 0.873. The van der Waals surface area contributed by atoms with Crippen LogP contribution in [0.4, 0.5) is 17.6 Å². The number of aliphatic hydroxyl groups excluding tert-OH is 1. The van der Waals surface area contributed by atoms with Crippen molar-refractivity contribution in [3.63, 3.8) is 0 Å². The molecular weight excluding hydrogens is 1190 g/mol. The smallest absolute Gasteiger partial charge is 0.471 e. The number of alkyl halides is 4. The number of nitrogens with zero attached hydrogens (tertiary/aromatic N) is 6. The Morgan fingerprint density at radius 2 is 1.52 bits per heavy atom. The SMILES string of the molecule is Cc1ncsc1-c1ccc(CNC(=O)[C@@H]2C[C@@H](O)CN2C(=O)[C@@H](NC(=O)CCOCCOCCOCCOCCC(N)=O)C(C)(C)C)cc1CCCCn1cnc(-c2cnc(O[C@@H]3CCN(C(=O)Cc4ccc(OC(F)(F)F)cc4)C[C@H]3F)c(C(N)=O)c2)c1. The number of thiazole rings is 1. The number of pyridine rings is 1. The van der Waals surface area contributed by atoms with Crippen LogP contribution in [0.5, 0.6) is 11.6 Å². The number of unbranched alkanes of at least 4 members (excludes halogenated alkanes) is 1. The van der Waals surface area contributed by atoms with Gasteiger partial charge in [0.25, 0.3) is 5.91 Å². The van der Waals surface area contributed by atoms with Crippen molar-refractivity contribution in [2.24, 2.45) is 16.9 Å². The van der Waals surface area contributed by atoms with E-state index in [4.69, 9.17) is 35.2 Å². The maximum absolute atomic E-state index is 15.6. The Bertz CT molecular complexity index is 3180. The number of halogens is 4. The number of carbonyl (C=O) groups excluding carboxylic acids is 6. The summed E-state index contributed by atoms with van der Waals surface area (Å²) in [6.45, 7) is 9.99. The fourth-order valence-corrected chi connectivity index (χ4v) is 11.0. The lowest BCUT2D eigenvalue weighted by Crippen LogP contribution is -2.57. The Morgan fingerprint density at radius 1 is 0.843 bits per heavy atom. The number of aliphatic hydroxyl groups is 1. The number of primary amides is 2. The van der Waals surface area contributed by atoms with Gasteiger partial charge < -0.3 is 70.0 Å². The van der Waals surface area contributed by atoms with Crippen LogP contribution in [0.15, 0.2) is 72.8 Å². The Labute approximate surface area is 517 Å². The normalized spacial score (nSPS) is 17.3. The summed E-state index contributed by atoms with van der Waals surface area (Å²) in [5, 5.41) is 16.6. The third kappa shape index (κ3) is 21.3. The highest BCUT2D eigenvalue weighted by molar-refractivity contribution is 7.13. The molecule has 0 aliphatic carbocycles. The molecule has 5 aromatic rings. The van der Waals surface area contributed by atoms with Gasteiger partial charge in [0.15, 0.2) is 6.17 Å². The molecule has 0 spiro atoms. The van der Waals surface area contributed by atoms with E-state index in [0.29, 0.717) is 56.2 Å². The summed E-state index contributed by atoms with van der Waals surface area (Å²) < 4.78 is 86.6. The van der Waals surface area contributed by atoms with Crippen molar-refractivity contribution in [2.75, 3.05) is 72.5 Å². The van der Waals surface area contributed by atoms with Crippen LogP contribution in [-0.2, 0) is 68.9 Å². The number of carbonyl (C=O) groups is 6. The summed E-state index contributed by atoms with van der Waals surface area (Å²) in [5.41, 5.74) is 16.9. The molecule has 6 amide bonds. The van der Waals surface area contributed by atoms with Gasteiger partial charge in [-0.1, -0.05) is 51.1 Å². The van der Waals surface area contributed by atoms with Gasteiger partial charge in [0.05, 0.1) is 100 Å². The van der Waals surface area contributed by atoms with Crippen molar-refractivity contribution in [1.82, 2.24) is 40.0 Å². The third-order valence-electron chi connectivity index (χ3n) is 14.8. The molecule has 2 aliphatic rings. The van der Waals surface area contributed by atoms with Crippen LogP contribution in [0.3, 0.4) is 0 Å². The first kappa shape index (κ1) is 68.9. The number of nitrogens with one attached hydrogen (secondary N) is 2. The molecule has 0 unspecified atom stereocenters. The van der Waals surface area contributed by atoms with E-state index in [1.54, 1.807) is 18.0 Å². The van der Waals surface area contributed by atoms with E-state index in [-0.39, 0.29) is 96.2 Å². The fraction of sp³-hybridized carbons (Fsp3) is 0.525. The second-order valence-electron chi connectivity index (χ2n) is 22.7. The predicted octanol–water partition coefficient (Wildman–Crippen LogP) is 5.40. The van der Waals surface area contributed by atoms with E-state index in [1.807, 2.05) is 44.4 Å². The van der Waals surface area contributed by atoms with Crippen LogP contribution in [0, 0.1) is 12.3 Å². The zero-order valence-corrected chi connectivity index (χ0v) is 51.1. The first-order chi connectivity index (χ1) is 42.4. The average Bonchev–Trinajstić information content (AvgIpc) is 4.10. The molecule has 0 bridgehead atoms. The van der Waals surface area contributed by atoms with Crippen molar-refractivity contribution < 1.29 is 79.9 Å². The van der Waals surface area contributed by atoms with Gasteiger partial charge in [0, 0.05) is 69.8 Å². The lowest BCUT2D eigenvalue weighted by molar-refractivity contribution is -0.274. The number of β-amino-alcohol motifs (C(OH)–C–C–N with tert-alkyl or cyclic N) is 1. The number of amides is 6. The number of benzene rings is 2. The van der Waals surface area contributed by atoms with Crippen molar-refractivity contribution in [3.8, 4) is 33.3 Å². The molecule has 2 saturated heterocycles. The van der Waals surface area contributed by atoms with Crippen molar-refractivity contribution in [3.05, 3.63) is 101 Å². The highest BCUT2D eigenvalue weighted by Crippen LogP contribution is 2.34. The second-order valence-corrected chi connectivity index (χ2v) is 23.6. The molecule has 23 nitrogen and oxygen atoms in total. The number of hydrogen-bond acceptors (Lipinski definition) is 17. The number of imidazole rings is 1. The number of nitrogens with two attached hydrogens (primary N) is 2. The average molecular weight is 1270 g/mol. The molecule has 5 atom stereocenters. The lowest BCUT2D eigenvalue weighted by atomic mass is 9.85. The summed E-state index contributed by atoms with van der Waals surface area (Å²) in [6.07, 6.45) is -1.40. The molecule has 7 rings (SSSR count). The molecule has 2 aromatic carbocycles. The molecule has 89 heavy (non-hydrogen) atoms. The summed E-state index contributed by atoms with van der Waals surface area (Å²) in [7, 11) is 0. The molecule has 7 N–H and O–H groups in total. The van der Waals surface area contributed by atoms with Crippen molar-refractivity contribution in [2.45, 2.75) is 129 Å². The number of aryl methyl sites for hydroxylation is 3. The van der Waals surface area contributed by atoms with Crippen LogP contribution in [0.2, 0.25) is 0 Å². The zero-order chi connectivity index (χ0) is 64.3. The summed E-state index contributed by atoms with van der Waals surface area (Å²) in [6, 6.07) is 10.3. The van der Waals surface area contributed by atoms with Crippen LogP contribution >= 0.6 is 11.3 Å². The first-order valence-electron chi connectivity index (χ1n) is 29.3. The zero-order valence-electron chi connectivity index (χ0n) is 50.3. The van der Waals surface area contributed by atoms with Gasteiger partial charge in [0.2, 0.25) is 35.4 Å². The Hall–Kier alpha value is -7.63. The number of aromatic nitrogens is 4. The molecule has 3 aromatic heterocycles. The molecule has 2 fully saturated rings. The van der Waals surface area contributed by atoms with Crippen LogP contribution < -0.4 is 31.6 Å². The van der Waals surface area contributed by atoms with Gasteiger partial charge in [0.1, 0.15) is 29.5 Å². The van der Waals surface area contributed by atoms with Gasteiger partial charge in [-0.25, -0.2) is 19.3 Å². The van der Waals surface area contributed by atoms with Gasteiger partial charge in [-0.05, 0) is 72.1 Å². The Morgan fingerprint density at radius 3 is 2.15 bits per heavy atom. The number of likely N-dealkylation sites (tertiary alicyclic amines) is 2. The van der Waals surface area contributed by atoms with Crippen molar-refractivity contribution in [1.29, 1.82) is 0 Å². The van der Waals surface area contributed by atoms with E-state index in [0.717, 1.165) is 52.2 Å². The van der Waals surface area contributed by atoms with E-state index in [1.165, 1.54) is 45.5 Å². The number of piperidine rings is 1. The number of rotatable bonds is 33. The highest BCUT2D eigenvalue weighted by Gasteiger charge is 2.45. The topological polar surface area (TPSA) is 304 Å². The fourth-order valence-electron chi connectivity index (χ4n) is 10.1. The lowest BCUT2D eigenvalue weighted by Gasteiger charge is -2.35. The van der Waals surface area contributed by atoms with Gasteiger partial charge >= 0.3 is 6.36 Å². The summed E-state index contributed by atoms with van der Waals surface area (Å²) in [5.74, 6) is -3.66. The number of hydrogen-bond donors (Lipinski definition) is 5. The molecule has 484 valence electrons. The van der Waals surface area contributed by atoms with E-state index in [2.05, 4.69) is 36.4 Å². The van der Waals surface area contributed by atoms with Gasteiger partial charge in [-0.3, -0.25) is 28.8 Å². The third-order valence-corrected chi connectivity index (χ3v) is 15.7. The molecule has 0 radical (unpaired) electrons. The van der Waals surface area contributed by atoms with E-state index < -0.39 is 83.4 Å². The molecule has 5 heterocycles. The Kier molecular flexibility index (Phi) is 25.3. The maximum Gasteiger partial charge on any atom is 0.573 e. The quantitative estimate of drug-likeness (QED) is 0.0259. The minimum absolute atomic E-state index is 0.0230. The maximum atomic E-state index is 15.6. The molecule has 0 saturated carbocycles. The van der Waals surface area contributed by atoms with Crippen LogP contribution in [-0.4, -0.2) is 179 Å². The predicted molar refractivity (Wildman–Crippen MR) is 318 cm³/mol. The van der Waals surface area contributed by atoms with E-state index >= 15 is 4.39 Å². The van der Waals surface area contributed by atoms with Crippen LogP contribution in [0.25, 0.3) is 21.7 Å². The molecule has 28 heteroatoms. The summed E-state index contributed by atoms with van der Waals surface area (Å²) >= 11 is 1.53. The second kappa shape index (κ2) is 32.7. The minimum Gasteiger partial charge on any atom is -0.471 e. The van der Waals surface area contributed by atoms with Crippen LogP contribution in [0.1, 0.15) is 92.0 Å². The largest absolute Gasteiger partial charge is 0.573 e.